The minimum atomic E-state index is 0.604. The molecule has 6 heteroatoms. The number of aryl methyl sites for hydroxylation is 1. The average molecular weight is 357 g/mol. The third-order valence-electron chi connectivity index (χ3n) is 3.96. The first-order valence-electron chi connectivity index (χ1n) is 7.53. The molecule has 1 aromatic carbocycles. The maximum absolute atomic E-state index is 6.29. The summed E-state index contributed by atoms with van der Waals surface area (Å²) in [4.78, 5) is 0. The number of hydrogen-bond acceptors (Lipinski definition) is 2. The van der Waals surface area contributed by atoms with E-state index in [1.165, 1.54) is 0 Å². The van der Waals surface area contributed by atoms with Gasteiger partial charge in [-0.15, -0.1) is 0 Å². The summed E-state index contributed by atoms with van der Waals surface area (Å²) in [7, 11) is 0. The van der Waals surface area contributed by atoms with E-state index in [2.05, 4.69) is 5.10 Å². The fraction of sp³-hybridized carbons (Fsp3) is 0.111. The van der Waals surface area contributed by atoms with Crippen molar-refractivity contribution >= 4 is 28.7 Å². The van der Waals surface area contributed by atoms with Crippen molar-refractivity contribution in [2.24, 2.45) is 0 Å². The van der Waals surface area contributed by atoms with Crippen LogP contribution < -0.4 is 0 Å². The molecule has 3 aromatic heterocycles. The van der Waals surface area contributed by atoms with Crippen LogP contribution in [0.1, 0.15) is 11.4 Å². The van der Waals surface area contributed by atoms with Crippen LogP contribution in [0.15, 0.2) is 54.7 Å². The van der Waals surface area contributed by atoms with Crippen LogP contribution in [0.4, 0.5) is 0 Å². The predicted molar refractivity (Wildman–Crippen MR) is 96.7 cm³/mol. The molecule has 4 rings (SSSR count). The Hall–Kier alpha value is -2.30. The quantitative estimate of drug-likeness (QED) is 0.525. The molecular formula is C18H14Cl2N4. The number of pyridine rings is 1. The first-order valence-corrected chi connectivity index (χ1v) is 8.28. The Kier molecular flexibility index (Phi) is 3.79. The van der Waals surface area contributed by atoms with Crippen LogP contribution in [0.25, 0.3) is 16.8 Å². The number of halogens is 2. The van der Waals surface area contributed by atoms with E-state index in [1.54, 1.807) is 6.20 Å². The lowest BCUT2D eigenvalue weighted by Crippen LogP contribution is -2.08. The van der Waals surface area contributed by atoms with Gasteiger partial charge in [0.15, 0.2) is 0 Å². The highest BCUT2D eigenvalue weighted by atomic mass is 35.5. The van der Waals surface area contributed by atoms with Gasteiger partial charge in [-0.05, 0) is 43.3 Å². The molecule has 0 atom stereocenters. The van der Waals surface area contributed by atoms with Crippen molar-refractivity contribution in [1.29, 1.82) is 0 Å². The van der Waals surface area contributed by atoms with Gasteiger partial charge in [-0.25, -0.2) is 4.52 Å². The largest absolute Gasteiger partial charge is 0.264 e. The molecule has 0 N–H and O–H groups in total. The Morgan fingerprint density at radius 1 is 1.00 bits per heavy atom. The number of benzene rings is 1. The van der Waals surface area contributed by atoms with Gasteiger partial charge in [0.25, 0.3) is 0 Å². The fourth-order valence-corrected chi connectivity index (χ4v) is 3.18. The summed E-state index contributed by atoms with van der Waals surface area (Å²) >= 11 is 12.4. The topological polar surface area (TPSA) is 35.1 Å². The normalized spacial score (nSPS) is 11.3. The summed E-state index contributed by atoms with van der Waals surface area (Å²) in [5, 5.41) is 10.4. The molecule has 4 nitrogen and oxygen atoms in total. The number of rotatable bonds is 3. The lowest BCUT2D eigenvalue weighted by atomic mass is 10.1. The molecular weight excluding hydrogens is 343 g/mol. The maximum atomic E-state index is 6.29. The summed E-state index contributed by atoms with van der Waals surface area (Å²) in [6.07, 6.45) is 1.79. The Morgan fingerprint density at radius 2 is 1.88 bits per heavy atom. The third kappa shape index (κ3) is 2.79. The third-order valence-corrected chi connectivity index (χ3v) is 4.41. The SMILES string of the molecule is Cc1ccnn1Cc1cc(Cl)cc2cc(-c3cccc(Cl)c3)nn12. The first-order chi connectivity index (χ1) is 11.6. The highest BCUT2D eigenvalue weighted by Gasteiger charge is 2.11. The second kappa shape index (κ2) is 5.96. The van der Waals surface area contributed by atoms with Gasteiger partial charge in [0, 0.05) is 27.5 Å². The number of hydrogen-bond donors (Lipinski definition) is 0. The molecule has 0 bridgehead atoms. The Morgan fingerprint density at radius 3 is 2.62 bits per heavy atom. The first kappa shape index (κ1) is 15.2. The molecule has 0 fully saturated rings. The monoisotopic (exact) mass is 356 g/mol. The smallest absolute Gasteiger partial charge is 0.0934 e. The Balaban J connectivity index is 1.84. The molecule has 0 spiro atoms. The van der Waals surface area contributed by atoms with E-state index in [4.69, 9.17) is 28.3 Å². The van der Waals surface area contributed by atoms with Crippen molar-refractivity contribution < 1.29 is 0 Å². The number of aromatic nitrogens is 4. The molecule has 24 heavy (non-hydrogen) atoms. The highest BCUT2D eigenvalue weighted by molar-refractivity contribution is 6.31. The lowest BCUT2D eigenvalue weighted by Gasteiger charge is -2.08. The van der Waals surface area contributed by atoms with Gasteiger partial charge in [-0.3, -0.25) is 4.68 Å². The van der Waals surface area contributed by atoms with Crippen LogP contribution in [0.2, 0.25) is 10.0 Å². The van der Waals surface area contributed by atoms with Crippen LogP contribution in [-0.4, -0.2) is 19.4 Å². The van der Waals surface area contributed by atoms with Crippen molar-refractivity contribution in [3.8, 4) is 11.3 Å². The van der Waals surface area contributed by atoms with Crippen LogP contribution >= 0.6 is 23.2 Å². The summed E-state index contributed by atoms with van der Waals surface area (Å²) in [5.74, 6) is 0. The minimum Gasteiger partial charge on any atom is -0.264 e. The van der Waals surface area contributed by atoms with Crippen molar-refractivity contribution in [2.75, 3.05) is 0 Å². The van der Waals surface area contributed by atoms with Crippen LogP contribution in [-0.2, 0) is 6.54 Å². The van der Waals surface area contributed by atoms with Crippen LogP contribution in [0, 0.1) is 6.92 Å². The van der Waals surface area contributed by atoms with Gasteiger partial charge in [0.1, 0.15) is 0 Å². The molecule has 4 aromatic rings. The van der Waals surface area contributed by atoms with Gasteiger partial charge < -0.3 is 0 Å². The second-order valence-electron chi connectivity index (χ2n) is 5.67. The van der Waals surface area contributed by atoms with E-state index in [9.17, 15) is 0 Å². The zero-order chi connectivity index (χ0) is 16.7. The average Bonchev–Trinajstić information content (AvgIpc) is 3.14. The molecule has 0 aliphatic carbocycles. The zero-order valence-electron chi connectivity index (χ0n) is 12.9. The summed E-state index contributed by atoms with van der Waals surface area (Å²) in [6.45, 7) is 2.63. The van der Waals surface area contributed by atoms with E-state index >= 15 is 0 Å². The van der Waals surface area contributed by atoms with Crippen molar-refractivity contribution in [2.45, 2.75) is 13.5 Å². The van der Waals surface area contributed by atoms with Crippen molar-refractivity contribution in [3.63, 3.8) is 0 Å². The standard InChI is InChI=1S/C18H14Cl2N4/c1-12-5-6-21-23(12)11-17-9-15(20)8-16-10-18(22-24(16)17)13-3-2-4-14(19)7-13/h2-10H,11H2,1H3. The maximum Gasteiger partial charge on any atom is 0.0934 e. The summed E-state index contributed by atoms with van der Waals surface area (Å²) in [5.41, 5.74) is 4.84. The second-order valence-corrected chi connectivity index (χ2v) is 6.54. The molecule has 0 saturated carbocycles. The number of fused-ring (bicyclic) bond motifs is 1. The van der Waals surface area contributed by atoms with Gasteiger partial charge in [0.2, 0.25) is 0 Å². The Labute approximate surface area is 149 Å². The van der Waals surface area contributed by atoms with E-state index in [0.29, 0.717) is 16.6 Å². The van der Waals surface area contributed by atoms with Crippen molar-refractivity contribution in [3.05, 3.63) is 76.2 Å². The van der Waals surface area contributed by atoms with E-state index in [-0.39, 0.29) is 0 Å². The van der Waals surface area contributed by atoms with Gasteiger partial charge >= 0.3 is 0 Å². The molecule has 120 valence electrons. The van der Waals surface area contributed by atoms with Crippen molar-refractivity contribution in [1.82, 2.24) is 19.4 Å². The molecule has 0 radical (unpaired) electrons. The molecule has 0 amide bonds. The van der Waals surface area contributed by atoms with E-state index in [0.717, 1.165) is 28.2 Å². The minimum absolute atomic E-state index is 0.604. The van der Waals surface area contributed by atoms with Gasteiger partial charge in [-0.1, -0.05) is 35.3 Å². The zero-order valence-corrected chi connectivity index (χ0v) is 14.5. The highest BCUT2D eigenvalue weighted by Crippen LogP contribution is 2.25. The summed E-state index contributed by atoms with van der Waals surface area (Å²) < 4.78 is 3.83. The predicted octanol–water partition coefficient (Wildman–Crippen LogP) is 4.86. The van der Waals surface area contributed by atoms with Gasteiger partial charge in [-0.2, -0.15) is 10.2 Å². The lowest BCUT2D eigenvalue weighted by molar-refractivity contribution is 0.637. The van der Waals surface area contributed by atoms with E-state index in [1.807, 2.05) is 64.7 Å². The molecule has 0 aliphatic rings. The van der Waals surface area contributed by atoms with Crippen LogP contribution in [0.3, 0.4) is 0 Å². The molecule has 0 saturated heterocycles. The molecule has 0 unspecified atom stereocenters. The fourth-order valence-electron chi connectivity index (χ4n) is 2.75. The molecule has 3 heterocycles. The summed E-state index contributed by atoms with van der Waals surface area (Å²) in [6, 6.07) is 15.5. The number of nitrogens with zero attached hydrogens (tertiary/aromatic N) is 4. The molecule has 0 aliphatic heterocycles. The van der Waals surface area contributed by atoms with Gasteiger partial charge in [0.05, 0.1) is 23.4 Å². The van der Waals surface area contributed by atoms with E-state index < -0.39 is 0 Å². The Bertz CT molecular complexity index is 1030. The van der Waals surface area contributed by atoms with Crippen LogP contribution in [0.5, 0.6) is 0 Å².